The van der Waals surface area contributed by atoms with Crippen molar-refractivity contribution in [1.82, 2.24) is 9.88 Å². The van der Waals surface area contributed by atoms with Gasteiger partial charge in [-0.3, -0.25) is 4.79 Å². The number of rotatable bonds is 4. The summed E-state index contributed by atoms with van der Waals surface area (Å²) in [5.74, 6) is 0.110. The molecule has 0 unspecified atom stereocenters. The lowest BCUT2D eigenvalue weighted by molar-refractivity contribution is -0.0228. The third kappa shape index (κ3) is 4.33. The maximum Gasteiger partial charge on any atom is 0.255 e. The third-order valence-electron chi connectivity index (χ3n) is 3.94. The molecule has 1 aliphatic heterocycles. The zero-order valence-electron chi connectivity index (χ0n) is 14.3. The molecule has 0 radical (unpaired) electrons. The topological polar surface area (TPSA) is 51.7 Å². The summed E-state index contributed by atoms with van der Waals surface area (Å²) < 4.78 is 24.3. The van der Waals surface area contributed by atoms with E-state index in [1.54, 1.807) is 29.2 Å². The van der Waals surface area contributed by atoms with Crippen LogP contribution in [-0.2, 0) is 4.74 Å². The van der Waals surface area contributed by atoms with Gasteiger partial charge in [-0.2, -0.15) is 0 Å². The molecule has 1 fully saturated rings. The number of carbonyl (C=O) groups is 1. The maximum absolute atomic E-state index is 13.1. The van der Waals surface area contributed by atoms with Crippen molar-refractivity contribution in [2.75, 3.05) is 19.7 Å². The van der Waals surface area contributed by atoms with Crippen LogP contribution in [0.3, 0.4) is 0 Å². The van der Waals surface area contributed by atoms with Crippen molar-refractivity contribution in [1.29, 1.82) is 0 Å². The zero-order valence-corrected chi connectivity index (χ0v) is 14.3. The first-order valence-corrected chi connectivity index (χ1v) is 8.32. The Bertz CT molecular complexity index is 716. The molecule has 1 aliphatic rings. The van der Waals surface area contributed by atoms with Gasteiger partial charge in [-0.25, -0.2) is 9.37 Å². The molecule has 0 spiro atoms. The van der Waals surface area contributed by atoms with Gasteiger partial charge < -0.3 is 14.4 Å². The Labute approximate surface area is 146 Å². The lowest BCUT2D eigenvalue weighted by atomic mass is 10.1. The molecule has 2 heterocycles. The molecule has 6 heteroatoms. The highest BCUT2D eigenvalue weighted by Crippen LogP contribution is 2.23. The number of pyridine rings is 1. The van der Waals surface area contributed by atoms with Crippen LogP contribution in [0.2, 0.25) is 0 Å². The molecule has 0 N–H and O–H groups in total. The van der Waals surface area contributed by atoms with Crippen LogP contribution < -0.4 is 4.74 Å². The van der Waals surface area contributed by atoms with Gasteiger partial charge in [-0.1, -0.05) is 12.1 Å². The van der Waals surface area contributed by atoms with Crippen LogP contribution in [0.5, 0.6) is 5.88 Å². The fraction of sp³-hybridized carbons (Fsp3) is 0.368. The number of halogens is 1. The summed E-state index contributed by atoms with van der Waals surface area (Å²) in [5, 5.41) is 0. The van der Waals surface area contributed by atoms with Crippen LogP contribution in [0.15, 0.2) is 42.6 Å². The van der Waals surface area contributed by atoms with Gasteiger partial charge >= 0.3 is 0 Å². The van der Waals surface area contributed by atoms with E-state index in [0.717, 1.165) is 5.56 Å². The Hall–Kier alpha value is -2.47. The molecular formula is C19H21FN2O3. The van der Waals surface area contributed by atoms with Crippen molar-refractivity contribution in [2.45, 2.75) is 26.1 Å². The lowest BCUT2D eigenvalue weighted by Gasteiger charge is -2.33. The van der Waals surface area contributed by atoms with Crippen molar-refractivity contribution in [2.24, 2.45) is 0 Å². The Kier molecular flexibility index (Phi) is 5.28. The first-order valence-electron chi connectivity index (χ1n) is 8.32. The summed E-state index contributed by atoms with van der Waals surface area (Å²) in [5.41, 5.74) is 1.37. The van der Waals surface area contributed by atoms with E-state index < -0.39 is 0 Å². The Morgan fingerprint density at radius 3 is 2.68 bits per heavy atom. The van der Waals surface area contributed by atoms with Crippen molar-refractivity contribution in [3.05, 3.63) is 59.5 Å². The predicted molar refractivity (Wildman–Crippen MR) is 91.0 cm³/mol. The van der Waals surface area contributed by atoms with E-state index in [1.807, 2.05) is 13.8 Å². The van der Waals surface area contributed by atoms with Crippen LogP contribution in [0.25, 0.3) is 0 Å². The number of hydrogen-bond donors (Lipinski definition) is 0. The van der Waals surface area contributed by atoms with E-state index in [2.05, 4.69) is 4.98 Å². The average molecular weight is 344 g/mol. The quantitative estimate of drug-likeness (QED) is 0.854. The summed E-state index contributed by atoms with van der Waals surface area (Å²) >= 11 is 0. The summed E-state index contributed by atoms with van der Waals surface area (Å²) in [6, 6.07) is 9.59. The second-order valence-electron chi connectivity index (χ2n) is 6.21. The molecule has 25 heavy (non-hydrogen) atoms. The summed E-state index contributed by atoms with van der Waals surface area (Å²) in [4.78, 5) is 18.6. The normalized spacial score (nSPS) is 17.6. The highest BCUT2D eigenvalue weighted by atomic mass is 19.1. The van der Waals surface area contributed by atoms with E-state index in [1.165, 1.54) is 18.3 Å². The predicted octanol–water partition coefficient (Wildman–Crippen LogP) is 3.22. The van der Waals surface area contributed by atoms with Gasteiger partial charge in [-0.05, 0) is 37.6 Å². The fourth-order valence-electron chi connectivity index (χ4n) is 2.71. The van der Waals surface area contributed by atoms with E-state index in [0.29, 0.717) is 31.1 Å². The molecule has 3 rings (SSSR count). The van der Waals surface area contributed by atoms with Crippen molar-refractivity contribution in [3.63, 3.8) is 0 Å². The lowest BCUT2D eigenvalue weighted by Crippen LogP contribution is -2.42. The standard InChI is InChI=1S/C19H21FN2O3/c1-13(2)25-18-8-5-15(11-21-18)19(23)22-9-10-24-17(12-22)14-3-6-16(20)7-4-14/h3-8,11,13,17H,9-10,12H2,1-2H3/t17-/m0/s1. The van der Waals surface area contributed by atoms with Gasteiger partial charge in [0.15, 0.2) is 0 Å². The number of aromatic nitrogens is 1. The Morgan fingerprint density at radius 2 is 2.04 bits per heavy atom. The van der Waals surface area contributed by atoms with Crippen LogP contribution >= 0.6 is 0 Å². The third-order valence-corrected chi connectivity index (χ3v) is 3.94. The average Bonchev–Trinajstić information content (AvgIpc) is 2.62. The van der Waals surface area contributed by atoms with E-state index >= 15 is 0 Å². The molecule has 0 bridgehead atoms. The molecule has 1 saturated heterocycles. The number of benzene rings is 1. The monoisotopic (exact) mass is 344 g/mol. The first-order chi connectivity index (χ1) is 12.0. The molecule has 1 atom stereocenters. The van der Waals surface area contributed by atoms with Crippen LogP contribution in [0.4, 0.5) is 4.39 Å². The number of nitrogens with zero attached hydrogens (tertiary/aromatic N) is 2. The number of carbonyl (C=O) groups excluding carboxylic acids is 1. The second-order valence-corrected chi connectivity index (χ2v) is 6.21. The van der Waals surface area contributed by atoms with Gasteiger partial charge in [0.1, 0.15) is 11.9 Å². The second kappa shape index (κ2) is 7.61. The molecule has 5 nitrogen and oxygen atoms in total. The van der Waals surface area contributed by atoms with Gasteiger partial charge in [-0.15, -0.1) is 0 Å². The number of morpholine rings is 1. The fourth-order valence-corrected chi connectivity index (χ4v) is 2.71. The van der Waals surface area contributed by atoms with Crippen molar-refractivity contribution < 1.29 is 18.7 Å². The smallest absolute Gasteiger partial charge is 0.255 e. The summed E-state index contributed by atoms with van der Waals surface area (Å²) in [7, 11) is 0. The van der Waals surface area contributed by atoms with Crippen molar-refractivity contribution >= 4 is 5.91 Å². The van der Waals surface area contributed by atoms with E-state index in [-0.39, 0.29) is 23.9 Å². The highest BCUT2D eigenvalue weighted by Gasteiger charge is 2.26. The van der Waals surface area contributed by atoms with Crippen LogP contribution in [-0.4, -0.2) is 41.6 Å². The molecule has 0 aliphatic carbocycles. The van der Waals surface area contributed by atoms with Gasteiger partial charge in [0.25, 0.3) is 5.91 Å². The van der Waals surface area contributed by atoms with E-state index in [4.69, 9.17) is 9.47 Å². The first kappa shape index (κ1) is 17.4. The van der Waals surface area contributed by atoms with Gasteiger partial charge in [0.2, 0.25) is 5.88 Å². The molecule has 1 amide bonds. The minimum absolute atomic E-state index is 0.0322. The van der Waals surface area contributed by atoms with Gasteiger partial charge in [0.05, 0.1) is 24.8 Å². The molecule has 0 saturated carbocycles. The van der Waals surface area contributed by atoms with E-state index in [9.17, 15) is 9.18 Å². The summed E-state index contributed by atoms with van der Waals surface area (Å²) in [6.07, 6.45) is 1.31. The molecule has 1 aromatic heterocycles. The minimum atomic E-state index is -0.290. The Morgan fingerprint density at radius 1 is 1.28 bits per heavy atom. The van der Waals surface area contributed by atoms with Crippen LogP contribution in [0, 0.1) is 5.82 Å². The SMILES string of the molecule is CC(C)Oc1ccc(C(=O)N2CCO[C@H](c3ccc(F)cc3)C2)cn1. The highest BCUT2D eigenvalue weighted by molar-refractivity contribution is 5.94. The largest absolute Gasteiger partial charge is 0.475 e. The maximum atomic E-state index is 13.1. The van der Waals surface area contributed by atoms with Gasteiger partial charge in [0, 0.05) is 18.8 Å². The van der Waals surface area contributed by atoms with Crippen molar-refractivity contribution in [3.8, 4) is 5.88 Å². The summed E-state index contributed by atoms with van der Waals surface area (Å²) in [6.45, 7) is 5.22. The molecule has 2 aromatic rings. The molecule has 132 valence electrons. The molecular weight excluding hydrogens is 323 g/mol. The number of hydrogen-bond acceptors (Lipinski definition) is 4. The number of amides is 1. The number of ether oxygens (including phenoxy) is 2. The van der Waals surface area contributed by atoms with Crippen LogP contribution in [0.1, 0.15) is 35.9 Å². The molecule has 1 aromatic carbocycles. The Balaban J connectivity index is 1.68. The zero-order chi connectivity index (χ0) is 17.8. The minimum Gasteiger partial charge on any atom is -0.475 e.